The second-order valence-corrected chi connectivity index (χ2v) is 2.80. The van der Waals surface area contributed by atoms with E-state index < -0.39 is 11.6 Å². The van der Waals surface area contributed by atoms with Gasteiger partial charge in [-0.2, -0.15) is 0 Å². The lowest BCUT2D eigenvalue weighted by Crippen LogP contribution is -2.00. The van der Waals surface area contributed by atoms with Gasteiger partial charge in [-0.1, -0.05) is 0 Å². The largest absolute Gasteiger partial charge is 0.374 e. The number of benzene rings is 1. The molecular formula is C10H12F2O. The van der Waals surface area contributed by atoms with Gasteiger partial charge < -0.3 is 4.74 Å². The Balaban J connectivity index is 2.87. The van der Waals surface area contributed by atoms with Crippen LogP contribution in [0.15, 0.2) is 18.2 Å². The van der Waals surface area contributed by atoms with E-state index in [0.29, 0.717) is 12.2 Å². The number of ether oxygens (including phenoxy) is 1. The Morgan fingerprint density at radius 3 is 2.23 bits per heavy atom. The van der Waals surface area contributed by atoms with Crippen molar-refractivity contribution in [2.45, 2.75) is 20.0 Å². The Labute approximate surface area is 76.3 Å². The van der Waals surface area contributed by atoms with Gasteiger partial charge in [0.15, 0.2) is 0 Å². The van der Waals surface area contributed by atoms with Crippen molar-refractivity contribution in [2.75, 3.05) is 6.61 Å². The molecule has 13 heavy (non-hydrogen) atoms. The van der Waals surface area contributed by atoms with E-state index in [1.165, 1.54) is 12.1 Å². The van der Waals surface area contributed by atoms with Gasteiger partial charge in [-0.15, -0.1) is 0 Å². The monoisotopic (exact) mass is 186 g/mol. The molecule has 0 radical (unpaired) electrons. The summed E-state index contributed by atoms with van der Waals surface area (Å²) in [7, 11) is 0. The predicted octanol–water partition coefficient (Wildman–Crippen LogP) is 3.06. The van der Waals surface area contributed by atoms with Crippen LogP contribution in [0.25, 0.3) is 0 Å². The van der Waals surface area contributed by atoms with Crippen molar-refractivity contribution < 1.29 is 13.5 Å². The number of halogens is 2. The SMILES string of the molecule is CCOC(C)c1cc(F)cc(F)c1. The van der Waals surface area contributed by atoms with E-state index in [-0.39, 0.29) is 6.10 Å². The zero-order valence-electron chi connectivity index (χ0n) is 7.68. The summed E-state index contributed by atoms with van der Waals surface area (Å²) in [4.78, 5) is 0. The molecule has 0 aromatic heterocycles. The second-order valence-electron chi connectivity index (χ2n) is 2.80. The van der Waals surface area contributed by atoms with Gasteiger partial charge in [-0.25, -0.2) is 8.78 Å². The summed E-state index contributed by atoms with van der Waals surface area (Å²) in [6.07, 6.45) is -0.268. The molecule has 1 rings (SSSR count). The van der Waals surface area contributed by atoms with Gasteiger partial charge in [-0.05, 0) is 31.5 Å². The number of hydrogen-bond acceptors (Lipinski definition) is 1. The summed E-state index contributed by atoms with van der Waals surface area (Å²) in [6, 6.07) is 3.41. The first-order valence-corrected chi connectivity index (χ1v) is 4.21. The smallest absolute Gasteiger partial charge is 0.126 e. The highest BCUT2D eigenvalue weighted by atomic mass is 19.1. The molecule has 0 saturated carbocycles. The van der Waals surface area contributed by atoms with Crippen LogP contribution in [-0.2, 0) is 4.74 Å². The predicted molar refractivity (Wildman–Crippen MR) is 46.4 cm³/mol. The fraction of sp³-hybridized carbons (Fsp3) is 0.400. The molecule has 0 bridgehead atoms. The third-order valence-electron chi connectivity index (χ3n) is 1.77. The van der Waals surface area contributed by atoms with Crippen LogP contribution in [0.5, 0.6) is 0 Å². The normalized spacial score (nSPS) is 12.9. The van der Waals surface area contributed by atoms with Crippen molar-refractivity contribution in [1.29, 1.82) is 0 Å². The van der Waals surface area contributed by atoms with Gasteiger partial charge in [0.05, 0.1) is 6.10 Å². The minimum atomic E-state index is -0.568. The summed E-state index contributed by atoms with van der Waals surface area (Å²) in [5.74, 6) is -1.14. The molecule has 0 saturated heterocycles. The lowest BCUT2D eigenvalue weighted by atomic mass is 10.1. The Morgan fingerprint density at radius 2 is 1.77 bits per heavy atom. The third kappa shape index (κ3) is 2.77. The Hall–Kier alpha value is -0.960. The van der Waals surface area contributed by atoms with Crippen molar-refractivity contribution in [2.24, 2.45) is 0 Å². The van der Waals surface area contributed by atoms with E-state index >= 15 is 0 Å². The highest BCUT2D eigenvalue weighted by Crippen LogP contribution is 2.18. The van der Waals surface area contributed by atoms with Crippen molar-refractivity contribution in [3.05, 3.63) is 35.4 Å². The van der Waals surface area contributed by atoms with Crippen molar-refractivity contribution in [3.63, 3.8) is 0 Å². The maximum Gasteiger partial charge on any atom is 0.126 e. The molecule has 0 fully saturated rings. The highest BCUT2D eigenvalue weighted by molar-refractivity contribution is 5.19. The number of hydrogen-bond donors (Lipinski definition) is 0. The van der Waals surface area contributed by atoms with E-state index in [1.807, 2.05) is 6.92 Å². The summed E-state index contributed by atoms with van der Waals surface area (Å²) in [5, 5.41) is 0. The van der Waals surface area contributed by atoms with Crippen LogP contribution in [0.3, 0.4) is 0 Å². The lowest BCUT2D eigenvalue weighted by Gasteiger charge is -2.11. The van der Waals surface area contributed by atoms with Crippen LogP contribution < -0.4 is 0 Å². The molecule has 1 unspecified atom stereocenters. The first-order valence-electron chi connectivity index (χ1n) is 4.21. The molecule has 0 amide bonds. The van der Waals surface area contributed by atoms with Gasteiger partial charge in [0.1, 0.15) is 11.6 Å². The van der Waals surface area contributed by atoms with Crippen LogP contribution in [0.4, 0.5) is 8.78 Å². The average molecular weight is 186 g/mol. The number of rotatable bonds is 3. The highest BCUT2D eigenvalue weighted by Gasteiger charge is 2.07. The quantitative estimate of drug-likeness (QED) is 0.704. The van der Waals surface area contributed by atoms with Crippen LogP contribution in [0.2, 0.25) is 0 Å². The molecule has 3 heteroatoms. The molecule has 1 nitrogen and oxygen atoms in total. The van der Waals surface area contributed by atoms with E-state index in [4.69, 9.17) is 4.74 Å². The van der Waals surface area contributed by atoms with E-state index in [9.17, 15) is 8.78 Å². The van der Waals surface area contributed by atoms with Gasteiger partial charge in [-0.3, -0.25) is 0 Å². The van der Waals surface area contributed by atoms with Gasteiger partial charge in [0.25, 0.3) is 0 Å². The average Bonchev–Trinajstić information content (AvgIpc) is 2.03. The fourth-order valence-electron chi connectivity index (χ4n) is 1.16. The molecule has 0 heterocycles. The maximum atomic E-state index is 12.7. The summed E-state index contributed by atoms with van der Waals surface area (Å²) >= 11 is 0. The zero-order valence-corrected chi connectivity index (χ0v) is 7.68. The molecule has 1 aromatic rings. The molecule has 0 aliphatic carbocycles. The van der Waals surface area contributed by atoms with Gasteiger partial charge in [0, 0.05) is 12.7 Å². The van der Waals surface area contributed by atoms with E-state index in [0.717, 1.165) is 6.07 Å². The summed E-state index contributed by atoms with van der Waals surface area (Å²) in [6.45, 7) is 4.13. The molecule has 1 atom stereocenters. The van der Waals surface area contributed by atoms with Crippen molar-refractivity contribution in [1.82, 2.24) is 0 Å². The van der Waals surface area contributed by atoms with Crippen molar-refractivity contribution >= 4 is 0 Å². The molecule has 0 spiro atoms. The second kappa shape index (κ2) is 4.33. The molecular weight excluding hydrogens is 174 g/mol. The Morgan fingerprint density at radius 1 is 1.23 bits per heavy atom. The summed E-state index contributed by atoms with van der Waals surface area (Å²) < 4.78 is 30.7. The minimum Gasteiger partial charge on any atom is -0.374 e. The van der Waals surface area contributed by atoms with Gasteiger partial charge >= 0.3 is 0 Å². The van der Waals surface area contributed by atoms with Crippen LogP contribution in [-0.4, -0.2) is 6.61 Å². The molecule has 1 aromatic carbocycles. The molecule has 0 aliphatic rings. The standard InChI is InChI=1S/C10H12F2O/c1-3-13-7(2)8-4-9(11)6-10(12)5-8/h4-7H,3H2,1-2H3. The van der Waals surface area contributed by atoms with Crippen molar-refractivity contribution in [3.8, 4) is 0 Å². The maximum absolute atomic E-state index is 12.7. The topological polar surface area (TPSA) is 9.23 Å². The minimum absolute atomic E-state index is 0.268. The van der Waals surface area contributed by atoms with Crippen LogP contribution in [0.1, 0.15) is 25.5 Å². The van der Waals surface area contributed by atoms with E-state index in [2.05, 4.69) is 0 Å². The first kappa shape index (κ1) is 10.1. The fourth-order valence-corrected chi connectivity index (χ4v) is 1.16. The lowest BCUT2D eigenvalue weighted by molar-refractivity contribution is 0.0759. The zero-order chi connectivity index (χ0) is 9.84. The summed E-state index contributed by atoms with van der Waals surface area (Å²) in [5.41, 5.74) is 0.527. The van der Waals surface area contributed by atoms with Crippen LogP contribution >= 0.6 is 0 Å². The van der Waals surface area contributed by atoms with E-state index in [1.54, 1.807) is 6.92 Å². The van der Waals surface area contributed by atoms with Gasteiger partial charge in [0.2, 0.25) is 0 Å². The third-order valence-corrected chi connectivity index (χ3v) is 1.77. The molecule has 0 N–H and O–H groups in total. The Kier molecular flexibility index (Phi) is 3.37. The first-order chi connectivity index (χ1) is 6.13. The van der Waals surface area contributed by atoms with Crippen LogP contribution in [0, 0.1) is 11.6 Å². The molecule has 0 aliphatic heterocycles. The Bertz CT molecular complexity index is 266. The molecule has 72 valence electrons.